The molecule has 1 aromatic rings. The summed E-state index contributed by atoms with van der Waals surface area (Å²) in [5.41, 5.74) is -0.573. The van der Waals surface area contributed by atoms with Gasteiger partial charge in [0.1, 0.15) is 11.6 Å². The summed E-state index contributed by atoms with van der Waals surface area (Å²) in [7, 11) is 0. The molecule has 0 amide bonds. The molecular weight excluding hydrogens is 222 g/mol. The Labute approximate surface area is 100 Å². The summed E-state index contributed by atoms with van der Waals surface area (Å²) in [6.07, 6.45) is 3.72. The third-order valence-electron chi connectivity index (χ3n) is 3.92. The summed E-state index contributed by atoms with van der Waals surface area (Å²) in [6.45, 7) is 2.03. The molecule has 1 aromatic carbocycles. The SMILES string of the molecule is CCC1CCCC1(O)Cc1cc(F)ccc1F. The Morgan fingerprint density at radius 3 is 2.88 bits per heavy atom. The molecule has 0 spiro atoms. The molecule has 1 N–H and O–H groups in total. The van der Waals surface area contributed by atoms with E-state index in [2.05, 4.69) is 0 Å². The Morgan fingerprint density at radius 2 is 2.18 bits per heavy atom. The monoisotopic (exact) mass is 240 g/mol. The Kier molecular flexibility index (Phi) is 3.48. The fourth-order valence-corrected chi connectivity index (χ4v) is 2.95. The highest BCUT2D eigenvalue weighted by Crippen LogP contribution is 2.40. The zero-order valence-electron chi connectivity index (χ0n) is 10.0. The van der Waals surface area contributed by atoms with Gasteiger partial charge in [-0.1, -0.05) is 19.8 Å². The second-order valence-corrected chi connectivity index (χ2v) is 5.01. The van der Waals surface area contributed by atoms with Gasteiger partial charge in [-0.25, -0.2) is 8.78 Å². The fraction of sp³-hybridized carbons (Fsp3) is 0.571. The van der Waals surface area contributed by atoms with E-state index in [9.17, 15) is 13.9 Å². The van der Waals surface area contributed by atoms with Crippen molar-refractivity contribution in [3.8, 4) is 0 Å². The summed E-state index contributed by atoms with van der Waals surface area (Å²) in [5.74, 6) is -0.678. The van der Waals surface area contributed by atoms with Crippen LogP contribution in [0.5, 0.6) is 0 Å². The van der Waals surface area contributed by atoms with Crippen LogP contribution in [0.15, 0.2) is 18.2 Å². The summed E-state index contributed by atoms with van der Waals surface area (Å²) < 4.78 is 26.6. The topological polar surface area (TPSA) is 20.2 Å². The Bertz CT molecular complexity index is 405. The van der Waals surface area contributed by atoms with E-state index in [1.165, 1.54) is 6.07 Å². The first-order valence-electron chi connectivity index (χ1n) is 6.21. The van der Waals surface area contributed by atoms with E-state index in [4.69, 9.17) is 0 Å². The van der Waals surface area contributed by atoms with E-state index in [-0.39, 0.29) is 17.9 Å². The largest absolute Gasteiger partial charge is 0.389 e. The van der Waals surface area contributed by atoms with E-state index >= 15 is 0 Å². The number of benzene rings is 1. The zero-order valence-corrected chi connectivity index (χ0v) is 10.0. The van der Waals surface area contributed by atoms with Crippen molar-refractivity contribution in [2.24, 2.45) is 5.92 Å². The van der Waals surface area contributed by atoms with E-state index in [1.54, 1.807) is 0 Å². The number of halogens is 2. The lowest BCUT2D eigenvalue weighted by molar-refractivity contribution is 0.000720. The van der Waals surface area contributed by atoms with Crippen LogP contribution in [0.3, 0.4) is 0 Å². The maximum Gasteiger partial charge on any atom is 0.126 e. The van der Waals surface area contributed by atoms with Crippen LogP contribution in [0, 0.1) is 17.6 Å². The van der Waals surface area contributed by atoms with Crippen molar-refractivity contribution in [3.05, 3.63) is 35.4 Å². The number of aliphatic hydroxyl groups is 1. The maximum atomic E-state index is 13.5. The van der Waals surface area contributed by atoms with Crippen molar-refractivity contribution < 1.29 is 13.9 Å². The lowest BCUT2D eigenvalue weighted by atomic mass is 9.83. The predicted octanol–water partition coefficient (Wildman–Crippen LogP) is 3.45. The molecule has 0 heterocycles. The van der Waals surface area contributed by atoms with Crippen LogP contribution in [0.4, 0.5) is 8.78 Å². The van der Waals surface area contributed by atoms with Gasteiger partial charge < -0.3 is 5.11 Å². The molecule has 1 aliphatic carbocycles. The molecule has 0 aromatic heterocycles. The molecule has 1 nitrogen and oxygen atoms in total. The van der Waals surface area contributed by atoms with Gasteiger partial charge in [0.15, 0.2) is 0 Å². The van der Waals surface area contributed by atoms with Gasteiger partial charge >= 0.3 is 0 Å². The molecule has 2 unspecified atom stereocenters. The van der Waals surface area contributed by atoms with Crippen LogP contribution in [-0.4, -0.2) is 10.7 Å². The summed E-state index contributed by atoms with van der Waals surface area (Å²) in [5, 5.41) is 10.5. The quantitative estimate of drug-likeness (QED) is 0.858. The molecule has 2 atom stereocenters. The summed E-state index contributed by atoms with van der Waals surface area (Å²) in [6, 6.07) is 3.43. The summed E-state index contributed by atoms with van der Waals surface area (Å²) in [4.78, 5) is 0. The van der Waals surface area contributed by atoms with E-state index in [0.717, 1.165) is 31.4 Å². The number of hydrogen-bond acceptors (Lipinski definition) is 1. The fourth-order valence-electron chi connectivity index (χ4n) is 2.95. The Morgan fingerprint density at radius 1 is 1.41 bits per heavy atom. The molecule has 0 bridgehead atoms. The highest BCUT2D eigenvalue weighted by Gasteiger charge is 2.40. The van der Waals surface area contributed by atoms with Crippen LogP contribution in [-0.2, 0) is 6.42 Å². The predicted molar refractivity (Wildman–Crippen MR) is 62.6 cm³/mol. The van der Waals surface area contributed by atoms with Crippen molar-refractivity contribution in [2.45, 2.75) is 44.6 Å². The van der Waals surface area contributed by atoms with E-state index in [1.807, 2.05) is 6.92 Å². The van der Waals surface area contributed by atoms with Crippen molar-refractivity contribution in [2.75, 3.05) is 0 Å². The normalized spacial score (nSPS) is 28.6. The molecule has 1 aliphatic rings. The van der Waals surface area contributed by atoms with Gasteiger partial charge in [0.25, 0.3) is 0 Å². The third kappa shape index (κ3) is 2.49. The number of rotatable bonds is 3. The zero-order chi connectivity index (χ0) is 12.5. The molecule has 94 valence electrons. The highest BCUT2D eigenvalue weighted by molar-refractivity contribution is 5.21. The lowest BCUT2D eigenvalue weighted by Gasteiger charge is -2.29. The highest BCUT2D eigenvalue weighted by atomic mass is 19.1. The molecule has 0 aliphatic heterocycles. The van der Waals surface area contributed by atoms with Gasteiger partial charge in [-0.3, -0.25) is 0 Å². The molecule has 3 heteroatoms. The molecule has 0 radical (unpaired) electrons. The van der Waals surface area contributed by atoms with Gasteiger partial charge in [-0.05, 0) is 42.5 Å². The van der Waals surface area contributed by atoms with Gasteiger partial charge in [0, 0.05) is 6.42 Å². The maximum absolute atomic E-state index is 13.5. The van der Waals surface area contributed by atoms with E-state index < -0.39 is 17.2 Å². The molecule has 1 fully saturated rings. The smallest absolute Gasteiger partial charge is 0.126 e. The molecule has 1 saturated carbocycles. The van der Waals surface area contributed by atoms with Crippen molar-refractivity contribution in [1.82, 2.24) is 0 Å². The average Bonchev–Trinajstić information content (AvgIpc) is 2.65. The van der Waals surface area contributed by atoms with E-state index in [0.29, 0.717) is 6.42 Å². The summed E-state index contributed by atoms with van der Waals surface area (Å²) >= 11 is 0. The van der Waals surface area contributed by atoms with Gasteiger partial charge in [0.05, 0.1) is 5.60 Å². The minimum absolute atomic E-state index is 0.199. The lowest BCUT2D eigenvalue weighted by Crippen LogP contribution is -2.35. The second kappa shape index (κ2) is 4.73. The van der Waals surface area contributed by atoms with Crippen LogP contribution in [0.2, 0.25) is 0 Å². The minimum Gasteiger partial charge on any atom is -0.389 e. The van der Waals surface area contributed by atoms with Crippen molar-refractivity contribution in [3.63, 3.8) is 0 Å². The molecular formula is C14H18F2O. The molecule has 0 saturated heterocycles. The first-order valence-corrected chi connectivity index (χ1v) is 6.21. The average molecular weight is 240 g/mol. The van der Waals surface area contributed by atoms with Gasteiger partial charge in [0.2, 0.25) is 0 Å². The van der Waals surface area contributed by atoms with Crippen molar-refractivity contribution >= 4 is 0 Å². The second-order valence-electron chi connectivity index (χ2n) is 5.01. The third-order valence-corrected chi connectivity index (χ3v) is 3.92. The molecule has 17 heavy (non-hydrogen) atoms. The standard InChI is InChI=1S/C14H18F2O/c1-2-11-4-3-7-14(11,17)9-10-8-12(15)5-6-13(10)16/h5-6,8,11,17H,2-4,7,9H2,1H3. The van der Waals surface area contributed by atoms with Gasteiger partial charge in [-0.15, -0.1) is 0 Å². The Balaban J connectivity index is 2.22. The molecule has 2 rings (SSSR count). The first kappa shape index (κ1) is 12.5. The van der Waals surface area contributed by atoms with Crippen molar-refractivity contribution in [1.29, 1.82) is 0 Å². The van der Waals surface area contributed by atoms with Crippen LogP contribution in [0.25, 0.3) is 0 Å². The van der Waals surface area contributed by atoms with Gasteiger partial charge in [-0.2, -0.15) is 0 Å². The number of hydrogen-bond donors (Lipinski definition) is 1. The first-order chi connectivity index (χ1) is 8.05. The van der Waals surface area contributed by atoms with Crippen LogP contribution < -0.4 is 0 Å². The van der Waals surface area contributed by atoms with Crippen LogP contribution >= 0.6 is 0 Å². The Hall–Kier alpha value is -0.960. The minimum atomic E-state index is -0.858. The van der Waals surface area contributed by atoms with Crippen LogP contribution in [0.1, 0.15) is 38.2 Å².